The van der Waals surface area contributed by atoms with Crippen molar-refractivity contribution >= 4 is 15.9 Å². The van der Waals surface area contributed by atoms with Crippen molar-refractivity contribution in [3.8, 4) is 0 Å². The minimum absolute atomic E-state index is 0.0491. The Morgan fingerprint density at radius 3 is 2.00 bits per heavy atom. The van der Waals surface area contributed by atoms with Crippen LogP contribution in [-0.2, 0) is 21.0 Å². The van der Waals surface area contributed by atoms with Crippen molar-refractivity contribution in [1.29, 1.82) is 0 Å². The first-order valence-corrected chi connectivity index (χ1v) is 10.1. The Hall–Kier alpha value is -1.61. The molecule has 0 bridgehead atoms. The van der Waals surface area contributed by atoms with Crippen LogP contribution in [0.25, 0.3) is 0 Å². The number of sulfonamides is 1. The molecule has 1 aliphatic carbocycles. The molecular formula is C17H21F3N2O3S. The molecule has 1 aromatic rings. The lowest BCUT2D eigenvalue weighted by Crippen LogP contribution is -2.51. The van der Waals surface area contributed by atoms with E-state index in [0.717, 1.165) is 49.9 Å². The molecule has 0 radical (unpaired) electrons. The van der Waals surface area contributed by atoms with E-state index in [1.165, 1.54) is 4.31 Å². The minimum atomic E-state index is -4.51. The lowest BCUT2D eigenvalue weighted by Gasteiger charge is -2.35. The largest absolute Gasteiger partial charge is 0.416 e. The van der Waals surface area contributed by atoms with Gasteiger partial charge < -0.3 is 4.90 Å². The quantitative estimate of drug-likeness (QED) is 0.798. The van der Waals surface area contributed by atoms with Crippen LogP contribution < -0.4 is 0 Å². The van der Waals surface area contributed by atoms with Gasteiger partial charge in [-0.1, -0.05) is 12.8 Å². The van der Waals surface area contributed by atoms with E-state index in [0.29, 0.717) is 13.1 Å². The Morgan fingerprint density at radius 1 is 0.962 bits per heavy atom. The molecule has 5 nitrogen and oxygen atoms in total. The van der Waals surface area contributed by atoms with Gasteiger partial charge in [0.2, 0.25) is 15.9 Å². The Labute approximate surface area is 150 Å². The fourth-order valence-electron chi connectivity index (χ4n) is 3.54. The highest BCUT2D eigenvalue weighted by Crippen LogP contribution is 2.31. The zero-order chi connectivity index (χ0) is 18.9. The molecule has 26 heavy (non-hydrogen) atoms. The Morgan fingerprint density at radius 2 is 1.50 bits per heavy atom. The highest BCUT2D eigenvalue weighted by Gasteiger charge is 2.34. The van der Waals surface area contributed by atoms with E-state index in [2.05, 4.69) is 0 Å². The van der Waals surface area contributed by atoms with Crippen LogP contribution in [0.2, 0.25) is 0 Å². The highest BCUT2D eigenvalue weighted by molar-refractivity contribution is 7.89. The summed E-state index contributed by atoms with van der Waals surface area (Å²) >= 11 is 0. The summed E-state index contributed by atoms with van der Waals surface area (Å²) in [6.07, 6.45) is -0.613. The predicted molar refractivity (Wildman–Crippen MR) is 88.7 cm³/mol. The summed E-state index contributed by atoms with van der Waals surface area (Å²) in [5.41, 5.74) is -0.886. The van der Waals surface area contributed by atoms with Crippen LogP contribution in [0.4, 0.5) is 13.2 Å². The third-order valence-corrected chi connectivity index (χ3v) is 6.99. The predicted octanol–water partition coefficient (Wildman–Crippen LogP) is 2.73. The molecule has 1 amide bonds. The fourth-order valence-corrected chi connectivity index (χ4v) is 4.97. The normalized spacial score (nSPS) is 20.5. The maximum Gasteiger partial charge on any atom is 0.416 e. The zero-order valence-electron chi connectivity index (χ0n) is 14.2. The van der Waals surface area contributed by atoms with Crippen molar-refractivity contribution in [2.45, 2.75) is 36.8 Å². The first kappa shape index (κ1) is 19.2. The van der Waals surface area contributed by atoms with E-state index < -0.39 is 21.8 Å². The van der Waals surface area contributed by atoms with Gasteiger partial charge in [-0.3, -0.25) is 4.79 Å². The number of halogens is 3. The lowest BCUT2D eigenvalue weighted by molar-refractivity contribution is -0.138. The van der Waals surface area contributed by atoms with Crippen LogP contribution in [0.5, 0.6) is 0 Å². The molecule has 2 aliphatic rings. The average Bonchev–Trinajstić information content (AvgIpc) is 3.15. The van der Waals surface area contributed by atoms with Gasteiger partial charge in [-0.2, -0.15) is 17.5 Å². The Kier molecular flexibility index (Phi) is 5.30. The Bertz CT molecular complexity index is 748. The van der Waals surface area contributed by atoms with Gasteiger partial charge in [0.05, 0.1) is 10.5 Å². The van der Waals surface area contributed by atoms with Gasteiger partial charge in [-0.15, -0.1) is 0 Å². The second-order valence-corrected chi connectivity index (χ2v) is 8.67. The van der Waals surface area contributed by atoms with Crippen LogP contribution in [-0.4, -0.2) is 49.7 Å². The molecule has 2 fully saturated rings. The van der Waals surface area contributed by atoms with Crippen molar-refractivity contribution in [2.75, 3.05) is 26.2 Å². The number of benzene rings is 1. The van der Waals surface area contributed by atoms with Crippen molar-refractivity contribution in [3.63, 3.8) is 0 Å². The molecule has 1 saturated heterocycles. The number of carbonyl (C=O) groups is 1. The van der Waals surface area contributed by atoms with E-state index in [9.17, 15) is 26.4 Å². The summed E-state index contributed by atoms with van der Waals surface area (Å²) in [6, 6.07) is 3.50. The van der Waals surface area contributed by atoms with Gasteiger partial charge in [0.1, 0.15) is 0 Å². The SMILES string of the molecule is O=C(C1CCCC1)N1CCN(S(=O)(=O)c2ccc(C(F)(F)F)cc2)CC1. The molecule has 0 atom stereocenters. The smallest absolute Gasteiger partial charge is 0.340 e. The molecule has 3 rings (SSSR count). The van der Waals surface area contributed by atoms with Crippen LogP contribution in [0, 0.1) is 5.92 Å². The average molecular weight is 390 g/mol. The van der Waals surface area contributed by atoms with Crippen molar-refractivity contribution in [3.05, 3.63) is 29.8 Å². The fraction of sp³-hybridized carbons (Fsp3) is 0.588. The van der Waals surface area contributed by atoms with E-state index in [-0.39, 0.29) is 29.8 Å². The summed E-state index contributed by atoms with van der Waals surface area (Å²) in [6.45, 7) is 0.939. The van der Waals surface area contributed by atoms with Gasteiger partial charge >= 0.3 is 6.18 Å². The molecule has 0 aromatic heterocycles. The summed E-state index contributed by atoms with van der Waals surface area (Å²) < 4.78 is 64.3. The summed E-state index contributed by atoms with van der Waals surface area (Å²) in [7, 11) is -3.86. The van der Waals surface area contributed by atoms with Crippen molar-refractivity contribution < 1.29 is 26.4 Å². The van der Waals surface area contributed by atoms with Gasteiger partial charge in [-0.05, 0) is 37.1 Å². The number of hydrogen-bond donors (Lipinski definition) is 0. The molecule has 9 heteroatoms. The van der Waals surface area contributed by atoms with Gasteiger partial charge in [0.15, 0.2) is 0 Å². The molecule has 0 spiro atoms. The Balaban J connectivity index is 1.65. The van der Waals surface area contributed by atoms with Crippen molar-refractivity contribution in [1.82, 2.24) is 9.21 Å². The first-order valence-electron chi connectivity index (χ1n) is 8.66. The summed E-state index contributed by atoms with van der Waals surface area (Å²) in [5, 5.41) is 0. The van der Waals surface area contributed by atoms with E-state index in [4.69, 9.17) is 0 Å². The third-order valence-electron chi connectivity index (χ3n) is 5.07. The number of carbonyl (C=O) groups excluding carboxylic acids is 1. The number of piperazine rings is 1. The van der Waals surface area contributed by atoms with Crippen molar-refractivity contribution in [2.24, 2.45) is 5.92 Å². The topological polar surface area (TPSA) is 57.7 Å². The molecule has 1 saturated carbocycles. The maximum atomic E-state index is 12.6. The highest BCUT2D eigenvalue weighted by atomic mass is 32.2. The number of hydrogen-bond acceptors (Lipinski definition) is 3. The second-order valence-electron chi connectivity index (χ2n) is 6.73. The monoisotopic (exact) mass is 390 g/mol. The molecule has 1 heterocycles. The second kappa shape index (κ2) is 7.19. The lowest BCUT2D eigenvalue weighted by atomic mass is 10.1. The van der Waals surface area contributed by atoms with Gasteiger partial charge in [0.25, 0.3) is 0 Å². The first-order chi connectivity index (χ1) is 12.2. The van der Waals surface area contributed by atoms with Crippen LogP contribution in [0.1, 0.15) is 31.2 Å². The third kappa shape index (κ3) is 3.88. The van der Waals surface area contributed by atoms with Gasteiger partial charge in [-0.25, -0.2) is 8.42 Å². The molecular weight excluding hydrogens is 369 g/mol. The number of rotatable bonds is 3. The summed E-state index contributed by atoms with van der Waals surface area (Å²) in [4.78, 5) is 13.9. The zero-order valence-corrected chi connectivity index (χ0v) is 15.0. The maximum absolute atomic E-state index is 12.6. The number of amides is 1. The minimum Gasteiger partial charge on any atom is -0.340 e. The molecule has 0 unspecified atom stereocenters. The van der Waals surface area contributed by atoms with Crippen LogP contribution >= 0.6 is 0 Å². The molecule has 1 aromatic carbocycles. The van der Waals surface area contributed by atoms with E-state index in [1.807, 2.05) is 0 Å². The standard InChI is InChI=1S/C17H21F3N2O3S/c18-17(19,20)14-5-7-15(8-6-14)26(24,25)22-11-9-21(10-12-22)16(23)13-3-1-2-4-13/h5-8,13H,1-4,9-12H2. The number of nitrogens with zero attached hydrogens (tertiary/aromatic N) is 2. The molecule has 1 aliphatic heterocycles. The van der Waals surface area contributed by atoms with Crippen LogP contribution in [0.15, 0.2) is 29.2 Å². The van der Waals surface area contributed by atoms with E-state index in [1.54, 1.807) is 4.90 Å². The summed E-state index contributed by atoms with van der Waals surface area (Å²) in [5.74, 6) is 0.141. The van der Waals surface area contributed by atoms with Gasteiger partial charge in [0, 0.05) is 32.1 Å². The van der Waals surface area contributed by atoms with Crippen LogP contribution in [0.3, 0.4) is 0 Å². The number of alkyl halides is 3. The molecule has 144 valence electrons. The molecule has 0 N–H and O–H groups in total. The van der Waals surface area contributed by atoms with E-state index >= 15 is 0 Å².